The molecule has 132 valence electrons. The third kappa shape index (κ3) is 3.71. The van der Waals surface area contributed by atoms with E-state index in [0.717, 1.165) is 5.56 Å². The van der Waals surface area contributed by atoms with Crippen LogP contribution in [0.2, 0.25) is 0 Å². The highest BCUT2D eigenvalue weighted by Crippen LogP contribution is 2.18. The molecule has 0 fully saturated rings. The molecule has 2 heterocycles. The quantitative estimate of drug-likeness (QED) is 0.729. The maximum Gasteiger partial charge on any atom is 0.266 e. The molecule has 0 spiro atoms. The second kappa shape index (κ2) is 6.67. The number of nitrogens with zero attached hydrogens (tertiary/aromatic N) is 4. The molecule has 0 bridgehead atoms. The fourth-order valence-electron chi connectivity index (χ4n) is 2.53. The Bertz CT molecular complexity index is 994. The number of sulfonamides is 1. The van der Waals surface area contributed by atoms with Crippen molar-refractivity contribution in [1.82, 2.24) is 19.6 Å². The van der Waals surface area contributed by atoms with E-state index in [2.05, 4.69) is 14.9 Å². The van der Waals surface area contributed by atoms with Crippen LogP contribution in [0.1, 0.15) is 18.2 Å². The highest BCUT2D eigenvalue weighted by atomic mass is 32.2. The van der Waals surface area contributed by atoms with Crippen molar-refractivity contribution in [3.8, 4) is 0 Å². The van der Waals surface area contributed by atoms with E-state index in [1.165, 1.54) is 23.0 Å². The first kappa shape index (κ1) is 17.2. The summed E-state index contributed by atoms with van der Waals surface area (Å²) in [6.45, 7) is 4.52. The molecule has 0 aliphatic rings. The number of rotatable bonds is 6. The highest BCUT2D eigenvalue weighted by molar-refractivity contribution is 7.92. The summed E-state index contributed by atoms with van der Waals surface area (Å²) < 4.78 is 43.8. The number of aryl methyl sites for hydroxylation is 1. The number of nitrogens with one attached hydrogen (secondary N) is 1. The van der Waals surface area contributed by atoms with Crippen LogP contribution in [0.4, 0.5) is 10.2 Å². The number of hydrogen-bond donors (Lipinski definition) is 1. The van der Waals surface area contributed by atoms with Crippen LogP contribution in [0, 0.1) is 12.7 Å². The summed E-state index contributed by atoms with van der Waals surface area (Å²) in [5.74, 6) is -0.131. The lowest BCUT2D eigenvalue weighted by Crippen LogP contribution is -2.15. The molecule has 3 aromatic rings. The van der Waals surface area contributed by atoms with Crippen LogP contribution in [-0.2, 0) is 23.1 Å². The average molecular weight is 363 g/mol. The summed E-state index contributed by atoms with van der Waals surface area (Å²) in [7, 11) is -3.77. The summed E-state index contributed by atoms with van der Waals surface area (Å²) >= 11 is 0. The zero-order valence-corrected chi connectivity index (χ0v) is 14.7. The SMILES string of the molecule is CCn1ncc(S(=O)(=O)Nc2ccn(Cc3cccc(F)c3)n2)c1C. The van der Waals surface area contributed by atoms with Crippen molar-refractivity contribution in [2.24, 2.45) is 0 Å². The molecule has 25 heavy (non-hydrogen) atoms. The predicted molar refractivity (Wildman–Crippen MR) is 91.2 cm³/mol. The van der Waals surface area contributed by atoms with Gasteiger partial charge in [0.05, 0.1) is 18.4 Å². The van der Waals surface area contributed by atoms with E-state index in [9.17, 15) is 12.8 Å². The Hall–Kier alpha value is -2.68. The van der Waals surface area contributed by atoms with Gasteiger partial charge in [-0.1, -0.05) is 12.1 Å². The first-order chi connectivity index (χ1) is 11.9. The molecule has 9 heteroatoms. The molecule has 0 atom stereocenters. The standard InChI is InChI=1S/C16H18FN5O2S/c1-3-22-12(2)15(10-18-22)25(23,24)20-16-7-8-21(19-16)11-13-5-4-6-14(17)9-13/h4-10H,3,11H2,1-2H3,(H,19,20). The molecule has 0 amide bonds. The lowest BCUT2D eigenvalue weighted by Gasteiger charge is -2.06. The van der Waals surface area contributed by atoms with Crippen LogP contribution >= 0.6 is 0 Å². The predicted octanol–water partition coefficient (Wildman–Crippen LogP) is 2.40. The first-order valence-electron chi connectivity index (χ1n) is 7.72. The van der Waals surface area contributed by atoms with Crippen LogP contribution in [0.15, 0.2) is 47.6 Å². The lowest BCUT2D eigenvalue weighted by molar-refractivity contribution is 0.598. The monoisotopic (exact) mass is 363 g/mol. The van der Waals surface area contributed by atoms with Gasteiger partial charge in [-0.2, -0.15) is 10.2 Å². The van der Waals surface area contributed by atoms with Gasteiger partial charge in [-0.3, -0.25) is 14.1 Å². The van der Waals surface area contributed by atoms with E-state index in [-0.39, 0.29) is 16.5 Å². The minimum Gasteiger partial charge on any atom is -0.269 e. The second-order valence-corrected chi connectivity index (χ2v) is 7.19. The highest BCUT2D eigenvalue weighted by Gasteiger charge is 2.21. The molecule has 2 aromatic heterocycles. The number of benzene rings is 1. The van der Waals surface area contributed by atoms with Crippen LogP contribution < -0.4 is 4.72 Å². The molecule has 0 saturated heterocycles. The van der Waals surface area contributed by atoms with Crippen molar-refractivity contribution in [3.05, 3.63) is 59.8 Å². The van der Waals surface area contributed by atoms with Gasteiger partial charge in [-0.05, 0) is 31.5 Å². The summed E-state index contributed by atoms with van der Waals surface area (Å²) in [5.41, 5.74) is 1.30. The maximum absolute atomic E-state index is 13.2. The van der Waals surface area contributed by atoms with Gasteiger partial charge in [0.15, 0.2) is 5.82 Å². The van der Waals surface area contributed by atoms with E-state index in [4.69, 9.17) is 0 Å². The Labute approximate surface area is 145 Å². The third-order valence-corrected chi connectivity index (χ3v) is 5.22. The van der Waals surface area contributed by atoms with Crippen molar-refractivity contribution < 1.29 is 12.8 Å². The van der Waals surface area contributed by atoms with E-state index in [1.54, 1.807) is 36.0 Å². The van der Waals surface area contributed by atoms with Crippen LogP contribution in [0.3, 0.4) is 0 Å². The summed E-state index contributed by atoms with van der Waals surface area (Å²) in [5, 5.41) is 8.23. The number of anilines is 1. The minimum absolute atomic E-state index is 0.119. The van der Waals surface area contributed by atoms with Gasteiger partial charge in [0, 0.05) is 18.8 Å². The maximum atomic E-state index is 13.2. The van der Waals surface area contributed by atoms with Gasteiger partial charge in [0.1, 0.15) is 10.7 Å². The first-order valence-corrected chi connectivity index (χ1v) is 9.20. The van der Waals surface area contributed by atoms with Crippen molar-refractivity contribution in [2.75, 3.05) is 4.72 Å². The Morgan fingerprint density at radius 3 is 2.76 bits per heavy atom. The molecule has 3 rings (SSSR count). The lowest BCUT2D eigenvalue weighted by atomic mass is 10.2. The fourth-order valence-corrected chi connectivity index (χ4v) is 3.71. The minimum atomic E-state index is -3.77. The van der Waals surface area contributed by atoms with Gasteiger partial charge >= 0.3 is 0 Å². The van der Waals surface area contributed by atoms with Gasteiger partial charge in [0.25, 0.3) is 10.0 Å². The molecule has 1 aromatic carbocycles. The normalized spacial score (nSPS) is 11.6. The molecule has 0 aliphatic carbocycles. The van der Waals surface area contributed by atoms with E-state index in [1.807, 2.05) is 6.92 Å². The van der Waals surface area contributed by atoms with Gasteiger partial charge in [0.2, 0.25) is 0 Å². The zero-order chi connectivity index (χ0) is 18.0. The third-order valence-electron chi connectivity index (χ3n) is 3.76. The zero-order valence-electron chi connectivity index (χ0n) is 13.8. The molecule has 0 unspecified atom stereocenters. The molecular formula is C16H18FN5O2S. The molecule has 0 saturated carbocycles. The van der Waals surface area contributed by atoms with E-state index >= 15 is 0 Å². The van der Waals surface area contributed by atoms with Crippen molar-refractivity contribution >= 4 is 15.8 Å². The van der Waals surface area contributed by atoms with Gasteiger partial charge in [-0.25, -0.2) is 12.8 Å². The fraction of sp³-hybridized carbons (Fsp3) is 0.250. The van der Waals surface area contributed by atoms with E-state index in [0.29, 0.717) is 18.8 Å². The van der Waals surface area contributed by atoms with Crippen LogP contribution in [-0.4, -0.2) is 28.0 Å². The van der Waals surface area contributed by atoms with Crippen molar-refractivity contribution in [1.29, 1.82) is 0 Å². The Kier molecular flexibility index (Phi) is 4.58. The van der Waals surface area contributed by atoms with Crippen LogP contribution in [0.25, 0.3) is 0 Å². The molecule has 0 aliphatic heterocycles. The average Bonchev–Trinajstić information content (AvgIpc) is 3.13. The van der Waals surface area contributed by atoms with Gasteiger partial charge < -0.3 is 0 Å². The van der Waals surface area contributed by atoms with Gasteiger partial charge in [-0.15, -0.1) is 0 Å². The number of aromatic nitrogens is 4. The molecule has 7 nitrogen and oxygen atoms in total. The Morgan fingerprint density at radius 1 is 1.28 bits per heavy atom. The molecule has 0 radical (unpaired) electrons. The number of halogens is 1. The number of hydrogen-bond acceptors (Lipinski definition) is 4. The second-order valence-electron chi connectivity index (χ2n) is 5.54. The Morgan fingerprint density at radius 2 is 2.08 bits per heavy atom. The summed E-state index contributed by atoms with van der Waals surface area (Å²) in [6, 6.07) is 7.72. The largest absolute Gasteiger partial charge is 0.269 e. The van der Waals surface area contributed by atoms with E-state index < -0.39 is 10.0 Å². The summed E-state index contributed by atoms with van der Waals surface area (Å²) in [6.07, 6.45) is 2.95. The van der Waals surface area contributed by atoms with Crippen molar-refractivity contribution in [3.63, 3.8) is 0 Å². The topological polar surface area (TPSA) is 81.8 Å². The molecule has 1 N–H and O–H groups in total. The van der Waals surface area contributed by atoms with Crippen molar-refractivity contribution in [2.45, 2.75) is 31.8 Å². The molecular weight excluding hydrogens is 345 g/mol. The smallest absolute Gasteiger partial charge is 0.266 e. The van der Waals surface area contributed by atoms with Crippen LogP contribution in [0.5, 0.6) is 0 Å². The Balaban J connectivity index is 1.77. The summed E-state index contributed by atoms with van der Waals surface area (Å²) in [4.78, 5) is 0.119.